The smallest absolute Gasteiger partial charge is 0.132 e. The number of hydrogen-bond acceptors (Lipinski definition) is 4. The SMILES string of the molecule is CC1(C)CCN(C2CCN(CCO)CC2)c2ncc(Br)cc21. The van der Waals surface area contributed by atoms with E-state index in [-0.39, 0.29) is 12.0 Å². The molecule has 1 aromatic heterocycles. The van der Waals surface area contributed by atoms with Gasteiger partial charge in [0.2, 0.25) is 0 Å². The van der Waals surface area contributed by atoms with Crippen molar-refractivity contribution in [1.29, 1.82) is 0 Å². The molecule has 0 amide bonds. The molecule has 0 saturated carbocycles. The van der Waals surface area contributed by atoms with Gasteiger partial charge in [0.15, 0.2) is 0 Å². The van der Waals surface area contributed by atoms with Crippen LogP contribution in [0.1, 0.15) is 38.7 Å². The second-order valence-electron chi connectivity index (χ2n) is 7.15. The number of hydrogen-bond donors (Lipinski definition) is 1. The van der Waals surface area contributed by atoms with E-state index in [1.165, 1.54) is 17.8 Å². The highest BCUT2D eigenvalue weighted by Gasteiger charge is 2.36. The number of fused-ring (bicyclic) bond motifs is 1. The second kappa shape index (κ2) is 6.46. The molecule has 0 radical (unpaired) electrons. The normalized spacial score (nSPS) is 22.6. The lowest BCUT2D eigenvalue weighted by Gasteiger charge is -2.45. The summed E-state index contributed by atoms with van der Waals surface area (Å²) in [4.78, 5) is 9.64. The van der Waals surface area contributed by atoms with Crippen LogP contribution in [-0.2, 0) is 5.41 Å². The van der Waals surface area contributed by atoms with Crippen LogP contribution in [0.15, 0.2) is 16.7 Å². The zero-order chi connectivity index (χ0) is 15.7. The Kier molecular flexibility index (Phi) is 4.76. The number of aliphatic hydroxyl groups is 1. The first-order chi connectivity index (χ1) is 10.5. The van der Waals surface area contributed by atoms with Gasteiger partial charge >= 0.3 is 0 Å². The van der Waals surface area contributed by atoms with Crippen LogP contribution >= 0.6 is 15.9 Å². The maximum Gasteiger partial charge on any atom is 0.132 e. The van der Waals surface area contributed by atoms with Gasteiger partial charge in [-0.15, -0.1) is 0 Å². The molecule has 4 nitrogen and oxygen atoms in total. The molecule has 5 heteroatoms. The third-order valence-electron chi connectivity index (χ3n) is 5.23. The molecule has 0 aromatic carbocycles. The topological polar surface area (TPSA) is 39.6 Å². The molecule has 0 aliphatic carbocycles. The third-order valence-corrected chi connectivity index (χ3v) is 5.66. The minimum absolute atomic E-state index is 0.195. The summed E-state index contributed by atoms with van der Waals surface area (Å²) in [7, 11) is 0. The lowest BCUT2D eigenvalue weighted by molar-refractivity contribution is 0.161. The molecule has 0 unspecified atom stereocenters. The summed E-state index contributed by atoms with van der Waals surface area (Å²) >= 11 is 3.57. The van der Waals surface area contributed by atoms with Crippen molar-refractivity contribution >= 4 is 21.7 Å². The molecule has 1 saturated heterocycles. The Labute approximate surface area is 141 Å². The summed E-state index contributed by atoms with van der Waals surface area (Å²) in [5.74, 6) is 1.18. The fraction of sp³-hybridized carbons (Fsp3) is 0.706. The number of rotatable bonds is 3. The number of piperidine rings is 1. The van der Waals surface area contributed by atoms with Crippen LogP contribution in [0.5, 0.6) is 0 Å². The lowest BCUT2D eigenvalue weighted by atomic mass is 9.78. The van der Waals surface area contributed by atoms with E-state index in [0.29, 0.717) is 6.04 Å². The van der Waals surface area contributed by atoms with Crippen molar-refractivity contribution in [3.63, 3.8) is 0 Å². The van der Waals surface area contributed by atoms with Crippen LogP contribution in [0.4, 0.5) is 5.82 Å². The zero-order valence-electron chi connectivity index (χ0n) is 13.6. The summed E-state index contributed by atoms with van der Waals surface area (Å²) in [5, 5.41) is 9.08. The molecule has 22 heavy (non-hydrogen) atoms. The number of anilines is 1. The Hall–Kier alpha value is -0.650. The van der Waals surface area contributed by atoms with E-state index in [0.717, 1.165) is 43.5 Å². The molecule has 0 atom stereocenters. The average molecular weight is 368 g/mol. The highest BCUT2D eigenvalue weighted by atomic mass is 79.9. The molecule has 2 aliphatic heterocycles. The first kappa shape index (κ1) is 16.2. The van der Waals surface area contributed by atoms with Crippen molar-refractivity contribution in [2.24, 2.45) is 0 Å². The number of halogens is 1. The van der Waals surface area contributed by atoms with Gasteiger partial charge in [-0.1, -0.05) is 13.8 Å². The van der Waals surface area contributed by atoms with Crippen molar-refractivity contribution < 1.29 is 5.11 Å². The van der Waals surface area contributed by atoms with Gasteiger partial charge in [-0.2, -0.15) is 0 Å². The Balaban J connectivity index is 1.79. The van der Waals surface area contributed by atoms with E-state index in [1.807, 2.05) is 6.20 Å². The molecule has 1 fully saturated rings. The summed E-state index contributed by atoms with van der Waals surface area (Å²) in [6, 6.07) is 2.83. The van der Waals surface area contributed by atoms with Gasteiger partial charge in [-0.25, -0.2) is 4.98 Å². The molecular weight excluding hydrogens is 342 g/mol. The van der Waals surface area contributed by atoms with E-state index < -0.39 is 0 Å². The van der Waals surface area contributed by atoms with Crippen molar-refractivity contribution in [1.82, 2.24) is 9.88 Å². The van der Waals surface area contributed by atoms with Crippen molar-refractivity contribution in [2.75, 3.05) is 37.7 Å². The van der Waals surface area contributed by atoms with Gasteiger partial charge in [-0.05, 0) is 46.7 Å². The third kappa shape index (κ3) is 3.17. The fourth-order valence-corrected chi connectivity index (χ4v) is 4.08. The number of likely N-dealkylation sites (tertiary alicyclic amines) is 1. The number of aliphatic hydroxyl groups excluding tert-OH is 1. The lowest BCUT2D eigenvalue weighted by Crippen LogP contribution is -2.49. The quantitative estimate of drug-likeness (QED) is 0.891. The number of pyridine rings is 1. The van der Waals surface area contributed by atoms with E-state index in [4.69, 9.17) is 10.1 Å². The fourth-order valence-electron chi connectivity index (χ4n) is 3.75. The predicted molar refractivity (Wildman–Crippen MR) is 93.5 cm³/mol. The summed E-state index contributed by atoms with van der Waals surface area (Å²) in [6.07, 6.45) is 5.43. The van der Waals surface area contributed by atoms with Crippen LogP contribution in [0.25, 0.3) is 0 Å². The van der Waals surface area contributed by atoms with Crippen molar-refractivity contribution in [2.45, 2.75) is 44.6 Å². The molecule has 0 spiro atoms. The van der Waals surface area contributed by atoms with Crippen LogP contribution in [-0.4, -0.2) is 53.8 Å². The molecule has 0 bridgehead atoms. The Morgan fingerprint density at radius 2 is 2.05 bits per heavy atom. The second-order valence-corrected chi connectivity index (χ2v) is 8.06. The van der Waals surface area contributed by atoms with E-state index in [2.05, 4.69) is 45.6 Å². The molecule has 1 N–H and O–H groups in total. The van der Waals surface area contributed by atoms with Crippen LogP contribution < -0.4 is 4.90 Å². The van der Waals surface area contributed by atoms with Gasteiger partial charge in [-0.3, -0.25) is 0 Å². The van der Waals surface area contributed by atoms with E-state index >= 15 is 0 Å². The van der Waals surface area contributed by atoms with Gasteiger partial charge in [0, 0.05) is 48.5 Å². The van der Waals surface area contributed by atoms with Crippen LogP contribution in [0.2, 0.25) is 0 Å². The van der Waals surface area contributed by atoms with Gasteiger partial charge in [0.1, 0.15) is 5.82 Å². The summed E-state index contributed by atoms with van der Waals surface area (Å²) in [5.41, 5.74) is 1.56. The highest BCUT2D eigenvalue weighted by Crippen LogP contribution is 2.41. The largest absolute Gasteiger partial charge is 0.395 e. The Bertz CT molecular complexity index is 527. The predicted octanol–water partition coefficient (Wildman–Crippen LogP) is 2.79. The van der Waals surface area contributed by atoms with E-state index in [9.17, 15) is 0 Å². The summed E-state index contributed by atoms with van der Waals surface area (Å²) in [6.45, 7) is 8.97. The molecule has 3 rings (SSSR count). The number of β-amino-alcohol motifs (C(OH)–C–C–N with tert-alkyl or cyclic N) is 1. The van der Waals surface area contributed by atoms with Gasteiger partial charge in [0.25, 0.3) is 0 Å². The van der Waals surface area contributed by atoms with Gasteiger partial charge in [0.05, 0.1) is 6.61 Å². The molecule has 1 aromatic rings. The maximum atomic E-state index is 9.08. The number of nitrogens with zero attached hydrogens (tertiary/aromatic N) is 3. The first-order valence-electron chi connectivity index (χ1n) is 8.27. The maximum absolute atomic E-state index is 9.08. The van der Waals surface area contributed by atoms with Crippen LogP contribution in [0.3, 0.4) is 0 Å². The standard InChI is InChI=1S/C17H26BrN3O/c1-17(2)5-8-21(16-15(17)11-13(18)12-19-16)14-3-6-20(7-4-14)9-10-22/h11-12,14,22H,3-10H2,1-2H3. The van der Waals surface area contributed by atoms with Crippen molar-refractivity contribution in [3.05, 3.63) is 22.3 Å². The zero-order valence-corrected chi connectivity index (χ0v) is 15.1. The molecule has 122 valence electrons. The molecular formula is C17H26BrN3O. The minimum atomic E-state index is 0.195. The first-order valence-corrected chi connectivity index (χ1v) is 9.06. The minimum Gasteiger partial charge on any atom is -0.395 e. The van der Waals surface area contributed by atoms with Gasteiger partial charge < -0.3 is 14.9 Å². The van der Waals surface area contributed by atoms with Crippen LogP contribution in [0, 0.1) is 0 Å². The van der Waals surface area contributed by atoms with E-state index in [1.54, 1.807) is 0 Å². The monoisotopic (exact) mass is 367 g/mol. The molecule has 3 heterocycles. The molecule has 2 aliphatic rings. The number of aromatic nitrogens is 1. The summed E-state index contributed by atoms with van der Waals surface area (Å²) < 4.78 is 1.07. The highest BCUT2D eigenvalue weighted by molar-refractivity contribution is 9.10. The van der Waals surface area contributed by atoms with Crippen molar-refractivity contribution in [3.8, 4) is 0 Å². The Morgan fingerprint density at radius 3 is 2.73 bits per heavy atom. The Morgan fingerprint density at radius 1 is 1.32 bits per heavy atom. The average Bonchev–Trinajstić information content (AvgIpc) is 2.49.